The highest BCUT2D eigenvalue weighted by molar-refractivity contribution is 7.99. The lowest BCUT2D eigenvalue weighted by atomic mass is 10.1. The number of aryl methyl sites for hydroxylation is 2. The smallest absolute Gasteiger partial charge is 0.272 e. The molecular weight excluding hydrogens is 379 g/mol. The summed E-state index contributed by atoms with van der Waals surface area (Å²) in [6.07, 6.45) is 3.49. The second-order valence-corrected chi connectivity index (χ2v) is 7.14. The van der Waals surface area contributed by atoms with Crippen LogP contribution in [-0.2, 0) is 4.79 Å². The maximum Gasteiger partial charge on any atom is 0.272 e. The van der Waals surface area contributed by atoms with E-state index in [4.69, 9.17) is 0 Å². The van der Waals surface area contributed by atoms with Gasteiger partial charge in [0.05, 0.1) is 11.3 Å². The normalized spacial score (nSPS) is 10.5. The largest absolute Gasteiger partial charge is 0.295 e. The Labute approximate surface area is 166 Å². The summed E-state index contributed by atoms with van der Waals surface area (Å²) in [4.78, 5) is 28.2. The van der Waals surface area contributed by atoms with Gasteiger partial charge in [-0.2, -0.15) is 0 Å². The highest BCUT2D eigenvalue weighted by Crippen LogP contribution is 2.22. The Morgan fingerprint density at radius 1 is 1.11 bits per heavy atom. The van der Waals surface area contributed by atoms with Gasteiger partial charge in [0.1, 0.15) is 5.82 Å². The van der Waals surface area contributed by atoms with Crippen LogP contribution in [0.15, 0.2) is 60.0 Å². The van der Waals surface area contributed by atoms with E-state index >= 15 is 0 Å². The van der Waals surface area contributed by atoms with Gasteiger partial charge in [0.2, 0.25) is 5.91 Å². The van der Waals surface area contributed by atoms with E-state index in [1.165, 1.54) is 30.0 Å². The maximum atomic E-state index is 13.6. The Hall–Kier alpha value is -3.13. The molecule has 2 N–H and O–H groups in total. The number of halogens is 1. The number of nitrogens with one attached hydrogen (secondary N) is 2. The van der Waals surface area contributed by atoms with Gasteiger partial charge in [-0.15, -0.1) is 0 Å². The van der Waals surface area contributed by atoms with Crippen molar-refractivity contribution in [3.8, 4) is 5.69 Å². The minimum atomic E-state index is -0.715. The molecule has 0 aliphatic heterocycles. The van der Waals surface area contributed by atoms with Crippen molar-refractivity contribution in [2.45, 2.75) is 19.0 Å². The molecule has 0 saturated carbocycles. The van der Waals surface area contributed by atoms with E-state index in [0.717, 1.165) is 16.8 Å². The Morgan fingerprint density at radius 2 is 1.82 bits per heavy atom. The summed E-state index contributed by atoms with van der Waals surface area (Å²) < 4.78 is 15.5. The summed E-state index contributed by atoms with van der Waals surface area (Å²) in [6.45, 7) is 4.04. The summed E-state index contributed by atoms with van der Waals surface area (Å²) in [5.41, 5.74) is 7.59. The lowest BCUT2D eigenvalue weighted by molar-refractivity contribution is -0.119. The highest BCUT2D eigenvalue weighted by atomic mass is 32.2. The zero-order chi connectivity index (χ0) is 20.1. The average molecular weight is 398 g/mol. The SMILES string of the molecule is Cc1cc(C)cc(-n2ccnc2SCC(=O)NNC(=O)c2ccccc2F)c1. The van der Waals surface area contributed by atoms with Crippen LogP contribution in [-0.4, -0.2) is 27.1 Å². The molecule has 0 aliphatic rings. The quantitative estimate of drug-likeness (QED) is 0.511. The summed E-state index contributed by atoms with van der Waals surface area (Å²) in [5, 5.41) is 0.653. The molecule has 0 unspecified atom stereocenters. The van der Waals surface area contributed by atoms with Gasteiger partial charge in [-0.3, -0.25) is 25.0 Å². The first-order chi connectivity index (χ1) is 13.4. The molecule has 3 rings (SSSR count). The zero-order valence-corrected chi connectivity index (χ0v) is 16.2. The van der Waals surface area contributed by atoms with Crippen LogP contribution >= 0.6 is 11.8 Å². The molecular formula is C20H19FN4O2S. The van der Waals surface area contributed by atoms with Gasteiger partial charge in [-0.05, 0) is 49.2 Å². The monoisotopic (exact) mass is 398 g/mol. The molecule has 0 saturated heterocycles. The fraction of sp³-hybridized carbons (Fsp3) is 0.150. The van der Waals surface area contributed by atoms with Gasteiger partial charge in [0.25, 0.3) is 5.91 Å². The van der Waals surface area contributed by atoms with Crippen molar-refractivity contribution in [2.75, 3.05) is 5.75 Å². The second kappa shape index (κ2) is 8.71. The van der Waals surface area contributed by atoms with E-state index < -0.39 is 17.6 Å². The molecule has 2 aromatic carbocycles. The van der Waals surface area contributed by atoms with Gasteiger partial charge in [0.15, 0.2) is 5.16 Å². The van der Waals surface area contributed by atoms with Crippen LogP contribution in [0.5, 0.6) is 0 Å². The summed E-state index contributed by atoms with van der Waals surface area (Å²) >= 11 is 1.23. The lowest BCUT2D eigenvalue weighted by Crippen LogP contribution is -2.42. The van der Waals surface area contributed by atoms with Crippen LogP contribution in [0.25, 0.3) is 5.69 Å². The highest BCUT2D eigenvalue weighted by Gasteiger charge is 2.13. The van der Waals surface area contributed by atoms with Gasteiger partial charge in [-0.1, -0.05) is 30.0 Å². The predicted octanol–water partition coefficient (Wildman–Crippen LogP) is 3.18. The van der Waals surface area contributed by atoms with Crippen LogP contribution in [0.4, 0.5) is 4.39 Å². The van der Waals surface area contributed by atoms with Crippen LogP contribution in [0.3, 0.4) is 0 Å². The van der Waals surface area contributed by atoms with Crippen molar-refractivity contribution < 1.29 is 14.0 Å². The molecule has 8 heteroatoms. The molecule has 1 heterocycles. The minimum Gasteiger partial charge on any atom is -0.295 e. The van der Waals surface area contributed by atoms with Crippen LogP contribution in [0.2, 0.25) is 0 Å². The number of amides is 2. The van der Waals surface area contributed by atoms with Gasteiger partial charge in [-0.25, -0.2) is 9.37 Å². The van der Waals surface area contributed by atoms with E-state index in [1.807, 2.05) is 36.7 Å². The fourth-order valence-corrected chi connectivity index (χ4v) is 3.46. The third-order valence-electron chi connectivity index (χ3n) is 3.86. The lowest BCUT2D eigenvalue weighted by Gasteiger charge is -2.10. The first kappa shape index (κ1) is 19.6. The van der Waals surface area contributed by atoms with E-state index in [1.54, 1.807) is 12.3 Å². The van der Waals surface area contributed by atoms with Crippen molar-refractivity contribution in [1.82, 2.24) is 20.4 Å². The summed E-state index contributed by atoms with van der Waals surface area (Å²) in [6, 6.07) is 11.7. The van der Waals surface area contributed by atoms with Gasteiger partial charge >= 0.3 is 0 Å². The standard InChI is InChI=1S/C20H19FN4O2S/c1-13-9-14(2)11-15(10-13)25-8-7-22-20(25)28-12-18(26)23-24-19(27)16-5-3-4-6-17(16)21/h3-11H,12H2,1-2H3,(H,23,26)(H,24,27). The molecule has 0 aliphatic carbocycles. The number of rotatable bonds is 5. The Bertz CT molecular complexity index is 999. The summed E-state index contributed by atoms with van der Waals surface area (Å²) in [7, 11) is 0. The van der Waals surface area contributed by atoms with Crippen molar-refractivity contribution in [1.29, 1.82) is 0 Å². The summed E-state index contributed by atoms with van der Waals surface area (Å²) in [5.74, 6) is -1.75. The number of nitrogens with zero attached hydrogens (tertiary/aromatic N) is 2. The van der Waals surface area contributed by atoms with Crippen LogP contribution in [0.1, 0.15) is 21.5 Å². The average Bonchev–Trinajstić information content (AvgIpc) is 3.12. The third-order valence-corrected chi connectivity index (χ3v) is 4.82. The third kappa shape index (κ3) is 4.77. The van der Waals surface area contributed by atoms with Gasteiger partial charge < -0.3 is 0 Å². The van der Waals surface area contributed by atoms with Gasteiger partial charge in [0, 0.05) is 18.1 Å². The molecule has 3 aromatic rings. The van der Waals surface area contributed by atoms with Crippen molar-refractivity contribution in [3.05, 3.63) is 77.4 Å². The molecule has 144 valence electrons. The Kier molecular flexibility index (Phi) is 6.10. The fourth-order valence-electron chi connectivity index (χ4n) is 2.69. The number of carbonyl (C=O) groups is 2. The molecule has 0 bridgehead atoms. The van der Waals surface area contributed by atoms with E-state index in [-0.39, 0.29) is 11.3 Å². The number of hydrogen-bond acceptors (Lipinski definition) is 4. The number of aromatic nitrogens is 2. The van der Waals surface area contributed by atoms with Crippen molar-refractivity contribution in [3.63, 3.8) is 0 Å². The Morgan fingerprint density at radius 3 is 2.54 bits per heavy atom. The Balaban J connectivity index is 1.58. The first-order valence-corrected chi connectivity index (χ1v) is 9.51. The molecule has 28 heavy (non-hydrogen) atoms. The number of hydrazine groups is 1. The number of thioether (sulfide) groups is 1. The minimum absolute atomic E-state index is 0.0410. The molecule has 2 amide bonds. The molecule has 6 nitrogen and oxygen atoms in total. The molecule has 0 atom stereocenters. The van der Waals surface area contributed by atoms with Crippen LogP contribution < -0.4 is 10.9 Å². The van der Waals surface area contributed by atoms with E-state index in [9.17, 15) is 14.0 Å². The zero-order valence-electron chi connectivity index (χ0n) is 15.4. The van der Waals surface area contributed by atoms with E-state index in [2.05, 4.69) is 21.9 Å². The number of benzene rings is 2. The molecule has 0 radical (unpaired) electrons. The number of carbonyl (C=O) groups excluding carboxylic acids is 2. The molecule has 1 aromatic heterocycles. The first-order valence-electron chi connectivity index (χ1n) is 8.52. The second-order valence-electron chi connectivity index (χ2n) is 6.20. The van der Waals surface area contributed by atoms with Crippen molar-refractivity contribution >= 4 is 23.6 Å². The topological polar surface area (TPSA) is 76.0 Å². The van der Waals surface area contributed by atoms with E-state index in [0.29, 0.717) is 5.16 Å². The molecule has 0 fully saturated rings. The number of hydrogen-bond donors (Lipinski definition) is 2. The molecule has 0 spiro atoms. The number of imidazole rings is 1. The predicted molar refractivity (Wildman–Crippen MR) is 106 cm³/mol. The van der Waals surface area contributed by atoms with Crippen molar-refractivity contribution in [2.24, 2.45) is 0 Å². The van der Waals surface area contributed by atoms with Crippen LogP contribution in [0, 0.1) is 19.7 Å². The maximum absolute atomic E-state index is 13.6.